The number of benzene rings is 3. The monoisotopic (exact) mass is 804 g/mol. The van der Waals surface area contributed by atoms with Gasteiger partial charge < -0.3 is 18.9 Å². The van der Waals surface area contributed by atoms with E-state index in [0.29, 0.717) is 57.5 Å². The first-order chi connectivity index (χ1) is 21.2. The Balaban J connectivity index is 1.62. The van der Waals surface area contributed by atoms with Gasteiger partial charge >= 0.3 is 5.97 Å². The normalized spacial score (nSPS) is 14.4. The van der Waals surface area contributed by atoms with E-state index in [1.165, 1.54) is 29.2 Å². The number of hydrogen-bond donors (Lipinski definition) is 0. The van der Waals surface area contributed by atoms with Crippen LogP contribution in [0, 0.1) is 0 Å². The van der Waals surface area contributed by atoms with Crippen LogP contribution in [0.4, 0.5) is 0 Å². The minimum atomic E-state index is -0.793. The molecule has 12 heteroatoms. The summed E-state index contributed by atoms with van der Waals surface area (Å²) in [5.74, 6) is 1.09. The van der Waals surface area contributed by atoms with Crippen LogP contribution in [0.2, 0.25) is 0 Å². The van der Waals surface area contributed by atoms with E-state index in [1.54, 1.807) is 18.2 Å². The summed E-state index contributed by atoms with van der Waals surface area (Å²) in [6.45, 7) is 4.98. The SMILES string of the molecule is CCOc1ccc([C@H]2C(C(=O)OC)=CN=c3s/c(=C/c4cc(Br)cc(Br)c4OCc4ccc(Br)cc4)c(=O)n32)cc1OCC. The number of carbonyl (C=O) groups is 1. The highest BCUT2D eigenvalue weighted by Crippen LogP contribution is 2.36. The van der Waals surface area contributed by atoms with Crippen molar-refractivity contribution in [1.82, 2.24) is 4.57 Å². The van der Waals surface area contributed by atoms with Crippen molar-refractivity contribution in [2.75, 3.05) is 20.3 Å². The molecule has 0 bridgehead atoms. The van der Waals surface area contributed by atoms with Crippen LogP contribution in [0.5, 0.6) is 17.2 Å². The molecule has 228 valence electrons. The molecule has 0 aliphatic carbocycles. The Morgan fingerprint density at radius 3 is 2.39 bits per heavy atom. The van der Waals surface area contributed by atoms with Crippen LogP contribution < -0.4 is 29.1 Å². The van der Waals surface area contributed by atoms with Crippen molar-refractivity contribution in [1.29, 1.82) is 0 Å². The summed E-state index contributed by atoms with van der Waals surface area (Å²) < 4.78 is 27.4. The molecule has 0 spiro atoms. The fourth-order valence-electron chi connectivity index (χ4n) is 4.70. The van der Waals surface area contributed by atoms with Crippen molar-refractivity contribution in [3.05, 3.63) is 116 Å². The second-order valence-electron chi connectivity index (χ2n) is 9.47. The van der Waals surface area contributed by atoms with Gasteiger partial charge in [-0.1, -0.05) is 61.4 Å². The molecule has 44 heavy (non-hydrogen) atoms. The van der Waals surface area contributed by atoms with Crippen LogP contribution in [0.15, 0.2) is 89.6 Å². The number of carbonyl (C=O) groups excluding carboxylic acids is 1. The van der Waals surface area contributed by atoms with E-state index in [0.717, 1.165) is 19.0 Å². The van der Waals surface area contributed by atoms with E-state index in [-0.39, 0.29) is 11.1 Å². The Morgan fingerprint density at radius 1 is 0.955 bits per heavy atom. The van der Waals surface area contributed by atoms with Gasteiger partial charge in [-0.05, 0) is 83.4 Å². The highest BCUT2D eigenvalue weighted by atomic mass is 79.9. The molecular weight excluding hydrogens is 780 g/mol. The molecule has 0 amide bonds. The number of nitrogens with zero attached hydrogens (tertiary/aromatic N) is 2. The van der Waals surface area contributed by atoms with Gasteiger partial charge in [-0.15, -0.1) is 0 Å². The average molecular weight is 807 g/mol. The lowest BCUT2D eigenvalue weighted by Crippen LogP contribution is -2.39. The van der Waals surface area contributed by atoms with Crippen molar-refractivity contribution in [2.24, 2.45) is 4.99 Å². The van der Waals surface area contributed by atoms with Gasteiger partial charge in [0.2, 0.25) is 0 Å². The maximum Gasteiger partial charge on any atom is 0.337 e. The Morgan fingerprint density at radius 2 is 1.68 bits per heavy atom. The molecule has 1 aliphatic heterocycles. The van der Waals surface area contributed by atoms with Crippen LogP contribution >= 0.6 is 59.1 Å². The van der Waals surface area contributed by atoms with Gasteiger partial charge in [0.1, 0.15) is 12.4 Å². The molecular formula is C32H27Br3N2O6S. The summed E-state index contributed by atoms with van der Waals surface area (Å²) in [6, 6.07) is 16.2. The first kappa shape index (κ1) is 32.2. The van der Waals surface area contributed by atoms with Gasteiger partial charge in [-0.25, -0.2) is 9.79 Å². The standard InChI is InChI=1S/C32H27Br3N2O6S/c1-4-41-25-11-8-19(13-26(25)42-5-2)28-23(31(39)40-3)16-36-32-37(28)30(38)27(44-32)14-20-12-22(34)15-24(35)29(20)43-17-18-6-9-21(33)10-7-18/h6-16,28H,4-5,17H2,1-3H3/b27-14+/t28-/m0/s1. The molecule has 1 aromatic heterocycles. The lowest BCUT2D eigenvalue weighted by molar-refractivity contribution is -0.136. The van der Waals surface area contributed by atoms with Gasteiger partial charge in [0.05, 0.1) is 40.9 Å². The summed E-state index contributed by atoms with van der Waals surface area (Å²) in [6.07, 6.45) is 3.24. The second kappa shape index (κ2) is 14.3. The lowest BCUT2D eigenvalue weighted by atomic mass is 9.97. The molecule has 2 heterocycles. The Labute approximate surface area is 283 Å². The van der Waals surface area contributed by atoms with Crippen molar-refractivity contribution in [3.8, 4) is 17.2 Å². The topological polar surface area (TPSA) is 88.4 Å². The number of halogens is 3. The molecule has 0 saturated heterocycles. The summed E-state index contributed by atoms with van der Waals surface area (Å²) >= 11 is 11.9. The number of ether oxygens (including phenoxy) is 4. The number of hydrogen-bond acceptors (Lipinski definition) is 8. The van der Waals surface area contributed by atoms with Gasteiger partial charge in [0.25, 0.3) is 5.56 Å². The molecule has 8 nitrogen and oxygen atoms in total. The van der Waals surface area contributed by atoms with E-state index in [4.69, 9.17) is 18.9 Å². The molecule has 0 unspecified atom stereocenters. The predicted octanol–water partition coefficient (Wildman–Crippen LogP) is 6.68. The van der Waals surface area contributed by atoms with Crippen molar-refractivity contribution in [2.45, 2.75) is 26.5 Å². The third-order valence-electron chi connectivity index (χ3n) is 6.63. The molecule has 0 N–H and O–H groups in total. The lowest BCUT2D eigenvalue weighted by Gasteiger charge is -2.23. The average Bonchev–Trinajstić information content (AvgIpc) is 3.32. The molecule has 0 saturated carbocycles. The molecule has 1 atom stereocenters. The summed E-state index contributed by atoms with van der Waals surface area (Å²) in [7, 11) is 1.30. The zero-order valence-corrected chi connectivity index (χ0v) is 29.5. The minimum absolute atomic E-state index is 0.224. The Kier molecular flexibility index (Phi) is 10.5. The first-order valence-corrected chi connectivity index (χ1v) is 16.8. The van der Waals surface area contributed by atoms with Crippen molar-refractivity contribution in [3.63, 3.8) is 0 Å². The number of thiazole rings is 1. The highest BCUT2D eigenvalue weighted by Gasteiger charge is 2.31. The fraction of sp³-hybridized carbons (Fsp3) is 0.219. The van der Waals surface area contributed by atoms with Crippen molar-refractivity contribution >= 4 is 71.2 Å². The number of aromatic nitrogens is 1. The smallest absolute Gasteiger partial charge is 0.337 e. The van der Waals surface area contributed by atoms with E-state index in [1.807, 2.05) is 56.3 Å². The largest absolute Gasteiger partial charge is 0.490 e. The van der Waals surface area contributed by atoms with Gasteiger partial charge in [-0.3, -0.25) is 9.36 Å². The number of rotatable bonds is 10. The fourth-order valence-corrected chi connectivity index (χ4v) is 7.30. The van der Waals surface area contributed by atoms with Crippen LogP contribution in [-0.4, -0.2) is 30.9 Å². The third-order valence-corrected chi connectivity index (χ3v) is 9.20. The van der Waals surface area contributed by atoms with Gasteiger partial charge in [0.15, 0.2) is 16.3 Å². The van der Waals surface area contributed by atoms with E-state index >= 15 is 0 Å². The zero-order valence-electron chi connectivity index (χ0n) is 23.9. The summed E-state index contributed by atoms with van der Waals surface area (Å²) in [4.78, 5) is 31.9. The number of methoxy groups -OCH3 is 1. The third kappa shape index (κ3) is 6.88. The number of esters is 1. The van der Waals surface area contributed by atoms with Crippen LogP contribution in [0.3, 0.4) is 0 Å². The Bertz CT molecular complexity index is 1920. The first-order valence-electron chi connectivity index (χ1n) is 13.6. The summed E-state index contributed by atoms with van der Waals surface area (Å²) in [5.41, 5.74) is 2.25. The predicted molar refractivity (Wildman–Crippen MR) is 180 cm³/mol. The van der Waals surface area contributed by atoms with Crippen LogP contribution in [0.1, 0.15) is 36.6 Å². The molecule has 0 radical (unpaired) electrons. The maximum absolute atomic E-state index is 14.1. The van der Waals surface area contributed by atoms with Gasteiger partial charge in [0, 0.05) is 20.7 Å². The van der Waals surface area contributed by atoms with Gasteiger partial charge in [-0.2, -0.15) is 0 Å². The maximum atomic E-state index is 14.1. The van der Waals surface area contributed by atoms with E-state index in [2.05, 4.69) is 52.8 Å². The van der Waals surface area contributed by atoms with E-state index < -0.39 is 12.0 Å². The summed E-state index contributed by atoms with van der Waals surface area (Å²) in [5, 5.41) is 0. The molecule has 0 fully saturated rings. The van der Waals surface area contributed by atoms with Crippen LogP contribution in [0.25, 0.3) is 6.08 Å². The minimum Gasteiger partial charge on any atom is -0.490 e. The van der Waals surface area contributed by atoms with E-state index in [9.17, 15) is 9.59 Å². The quantitative estimate of drug-likeness (QED) is 0.166. The molecule has 5 rings (SSSR count). The van der Waals surface area contributed by atoms with Crippen molar-refractivity contribution < 1.29 is 23.7 Å². The molecule has 4 aromatic rings. The Hall–Kier alpha value is -3.19. The zero-order chi connectivity index (χ0) is 31.4. The second-order valence-corrected chi connectivity index (χ2v) is 13.2. The molecule has 3 aromatic carbocycles. The number of fused-ring (bicyclic) bond motifs is 1. The highest BCUT2D eigenvalue weighted by molar-refractivity contribution is 9.11. The van der Waals surface area contributed by atoms with Crippen LogP contribution in [-0.2, 0) is 16.1 Å². The molecule has 1 aliphatic rings.